The van der Waals surface area contributed by atoms with E-state index in [9.17, 15) is 4.79 Å². The topological polar surface area (TPSA) is 67.2 Å². The predicted octanol–water partition coefficient (Wildman–Crippen LogP) is 2.88. The number of rotatable bonds is 5. The van der Waals surface area contributed by atoms with Crippen molar-refractivity contribution in [1.29, 1.82) is 0 Å². The molecule has 0 atom stereocenters. The second-order valence-electron chi connectivity index (χ2n) is 5.97. The molecule has 0 aliphatic heterocycles. The lowest BCUT2D eigenvalue weighted by atomic mass is 10.0. The van der Waals surface area contributed by atoms with Gasteiger partial charge in [-0.05, 0) is 31.5 Å². The van der Waals surface area contributed by atoms with Gasteiger partial charge in [-0.2, -0.15) is 5.10 Å². The third-order valence-electron chi connectivity index (χ3n) is 4.01. The largest absolute Gasteiger partial charge is 0.395 e. The van der Waals surface area contributed by atoms with Crippen LogP contribution in [0.2, 0.25) is 0 Å². The molecule has 5 heteroatoms. The highest BCUT2D eigenvalue weighted by atomic mass is 16.3. The van der Waals surface area contributed by atoms with Gasteiger partial charge in [0.2, 0.25) is 0 Å². The maximum atomic E-state index is 12.5. The fraction of sp³-hybridized carbons (Fsp3) is 0.200. The number of carbonyl (C=O) groups is 1. The maximum Gasteiger partial charge on any atom is 0.255 e. The zero-order valence-electron chi connectivity index (χ0n) is 14.4. The number of aromatic nitrogens is 2. The van der Waals surface area contributed by atoms with Crippen LogP contribution < -0.4 is 5.32 Å². The summed E-state index contributed by atoms with van der Waals surface area (Å²) in [4.78, 5) is 12.5. The first kappa shape index (κ1) is 16.9. The Morgan fingerprint density at radius 3 is 2.60 bits per heavy atom. The van der Waals surface area contributed by atoms with Gasteiger partial charge < -0.3 is 10.4 Å². The van der Waals surface area contributed by atoms with Crippen molar-refractivity contribution in [2.45, 2.75) is 13.8 Å². The summed E-state index contributed by atoms with van der Waals surface area (Å²) in [5.41, 5.74) is 5.16. The van der Waals surface area contributed by atoms with Crippen LogP contribution in [-0.2, 0) is 0 Å². The Labute approximate surface area is 146 Å². The Kier molecular flexibility index (Phi) is 4.95. The van der Waals surface area contributed by atoms with Gasteiger partial charge in [0.1, 0.15) is 5.69 Å². The Morgan fingerprint density at radius 2 is 1.92 bits per heavy atom. The number of hydrogen-bond donors (Lipinski definition) is 2. The number of para-hydroxylation sites is 1. The lowest BCUT2D eigenvalue weighted by Gasteiger charge is -2.07. The van der Waals surface area contributed by atoms with Crippen LogP contribution in [0.3, 0.4) is 0 Å². The van der Waals surface area contributed by atoms with Gasteiger partial charge in [-0.25, -0.2) is 4.68 Å². The minimum atomic E-state index is -0.244. The predicted molar refractivity (Wildman–Crippen MR) is 97.9 cm³/mol. The number of aliphatic hydroxyl groups is 1. The van der Waals surface area contributed by atoms with Crippen LogP contribution >= 0.6 is 0 Å². The van der Waals surface area contributed by atoms with E-state index in [1.165, 1.54) is 0 Å². The third kappa shape index (κ3) is 3.61. The van der Waals surface area contributed by atoms with Gasteiger partial charge in [0.15, 0.2) is 0 Å². The standard InChI is InChI=1S/C20H21N3O2/c1-14-8-9-17(15(2)12-14)19-18(20(25)21-10-11-24)13-23(22-19)16-6-4-3-5-7-16/h3-9,12-13,24H,10-11H2,1-2H3,(H,21,25). The van der Waals surface area contributed by atoms with Gasteiger partial charge in [-0.3, -0.25) is 4.79 Å². The molecule has 0 radical (unpaired) electrons. The number of carbonyl (C=O) groups excluding carboxylic acids is 1. The van der Waals surface area contributed by atoms with Gasteiger partial charge in [-0.1, -0.05) is 42.0 Å². The second-order valence-corrected chi connectivity index (χ2v) is 5.97. The van der Waals surface area contributed by atoms with Gasteiger partial charge >= 0.3 is 0 Å². The van der Waals surface area contributed by atoms with Crippen molar-refractivity contribution in [1.82, 2.24) is 15.1 Å². The molecular formula is C20H21N3O2. The van der Waals surface area contributed by atoms with Gasteiger partial charge in [-0.15, -0.1) is 0 Å². The quantitative estimate of drug-likeness (QED) is 0.753. The lowest BCUT2D eigenvalue weighted by Crippen LogP contribution is -2.26. The molecular weight excluding hydrogens is 314 g/mol. The SMILES string of the molecule is Cc1ccc(-c2nn(-c3ccccc3)cc2C(=O)NCCO)c(C)c1. The normalized spacial score (nSPS) is 10.7. The molecule has 0 aliphatic carbocycles. The molecule has 0 unspecified atom stereocenters. The van der Waals surface area contributed by atoms with Crippen LogP contribution in [0.5, 0.6) is 0 Å². The van der Waals surface area contributed by atoms with E-state index in [0.717, 1.165) is 22.4 Å². The molecule has 25 heavy (non-hydrogen) atoms. The van der Waals surface area contributed by atoms with Crippen molar-refractivity contribution >= 4 is 5.91 Å². The van der Waals surface area contributed by atoms with E-state index in [1.807, 2.05) is 56.3 Å². The molecule has 3 aromatic rings. The molecule has 128 valence electrons. The molecule has 2 N–H and O–H groups in total. The molecule has 1 heterocycles. The van der Waals surface area contributed by atoms with E-state index in [4.69, 9.17) is 5.11 Å². The van der Waals surface area contributed by atoms with E-state index in [1.54, 1.807) is 10.9 Å². The highest BCUT2D eigenvalue weighted by molar-refractivity contribution is 6.00. The fourth-order valence-electron chi connectivity index (χ4n) is 2.80. The van der Waals surface area contributed by atoms with Crippen LogP contribution in [0.15, 0.2) is 54.7 Å². The maximum absolute atomic E-state index is 12.5. The average molecular weight is 335 g/mol. The van der Waals surface area contributed by atoms with E-state index in [-0.39, 0.29) is 19.1 Å². The first-order chi connectivity index (χ1) is 12.1. The fourth-order valence-corrected chi connectivity index (χ4v) is 2.80. The second kappa shape index (κ2) is 7.32. The first-order valence-electron chi connectivity index (χ1n) is 8.22. The molecule has 1 amide bonds. The summed E-state index contributed by atoms with van der Waals surface area (Å²) in [6.07, 6.45) is 1.73. The Morgan fingerprint density at radius 1 is 1.16 bits per heavy atom. The number of amides is 1. The van der Waals surface area contributed by atoms with Crippen LogP contribution in [0.4, 0.5) is 0 Å². The number of benzene rings is 2. The van der Waals surface area contributed by atoms with Crippen molar-refractivity contribution in [3.8, 4) is 16.9 Å². The van der Waals surface area contributed by atoms with Crippen molar-refractivity contribution in [2.24, 2.45) is 0 Å². The van der Waals surface area contributed by atoms with E-state index < -0.39 is 0 Å². The lowest BCUT2D eigenvalue weighted by molar-refractivity contribution is 0.0945. The summed E-state index contributed by atoms with van der Waals surface area (Å²) >= 11 is 0. The number of aliphatic hydroxyl groups excluding tert-OH is 1. The number of nitrogens with zero attached hydrogens (tertiary/aromatic N) is 2. The molecule has 0 bridgehead atoms. The summed E-state index contributed by atoms with van der Waals surface area (Å²) < 4.78 is 1.71. The highest BCUT2D eigenvalue weighted by Crippen LogP contribution is 2.27. The number of hydrogen-bond acceptors (Lipinski definition) is 3. The van der Waals surface area contributed by atoms with Gasteiger partial charge in [0.05, 0.1) is 17.9 Å². The van der Waals surface area contributed by atoms with Crippen LogP contribution in [-0.4, -0.2) is 33.9 Å². The molecule has 0 spiro atoms. The number of aryl methyl sites for hydroxylation is 2. The van der Waals surface area contributed by atoms with E-state index in [0.29, 0.717) is 11.3 Å². The molecule has 1 aromatic heterocycles. The van der Waals surface area contributed by atoms with Gasteiger partial charge in [0, 0.05) is 18.3 Å². The van der Waals surface area contributed by atoms with E-state index in [2.05, 4.69) is 16.5 Å². The zero-order chi connectivity index (χ0) is 17.8. The van der Waals surface area contributed by atoms with Crippen LogP contribution in [0.1, 0.15) is 21.5 Å². The van der Waals surface area contributed by atoms with Crippen molar-refractivity contribution in [3.63, 3.8) is 0 Å². The first-order valence-corrected chi connectivity index (χ1v) is 8.22. The van der Waals surface area contributed by atoms with Crippen LogP contribution in [0, 0.1) is 13.8 Å². The molecule has 0 saturated heterocycles. The summed E-state index contributed by atoms with van der Waals surface area (Å²) in [5.74, 6) is -0.244. The zero-order valence-corrected chi connectivity index (χ0v) is 14.4. The Hall–Kier alpha value is -2.92. The summed E-state index contributed by atoms with van der Waals surface area (Å²) in [6, 6.07) is 15.8. The minimum absolute atomic E-state index is 0.0997. The molecule has 2 aromatic carbocycles. The summed E-state index contributed by atoms with van der Waals surface area (Å²) in [6.45, 7) is 4.16. The van der Waals surface area contributed by atoms with E-state index >= 15 is 0 Å². The monoisotopic (exact) mass is 335 g/mol. The van der Waals surface area contributed by atoms with Crippen molar-refractivity contribution in [3.05, 3.63) is 71.4 Å². The summed E-state index contributed by atoms with van der Waals surface area (Å²) in [5, 5.41) is 16.3. The Balaban J connectivity index is 2.11. The highest BCUT2D eigenvalue weighted by Gasteiger charge is 2.19. The smallest absolute Gasteiger partial charge is 0.255 e. The summed E-state index contributed by atoms with van der Waals surface area (Å²) in [7, 11) is 0. The molecule has 0 fully saturated rings. The molecule has 0 aliphatic rings. The Bertz CT molecular complexity index is 885. The van der Waals surface area contributed by atoms with Gasteiger partial charge in [0.25, 0.3) is 5.91 Å². The van der Waals surface area contributed by atoms with Crippen LogP contribution in [0.25, 0.3) is 16.9 Å². The minimum Gasteiger partial charge on any atom is -0.395 e. The average Bonchev–Trinajstić information content (AvgIpc) is 3.05. The molecule has 0 saturated carbocycles. The van der Waals surface area contributed by atoms with Crippen molar-refractivity contribution in [2.75, 3.05) is 13.2 Å². The van der Waals surface area contributed by atoms with Crippen molar-refractivity contribution < 1.29 is 9.90 Å². The molecule has 3 rings (SSSR count). The number of nitrogens with one attached hydrogen (secondary N) is 1. The molecule has 5 nitrogen and oxygen atoms in total. The third-order valence-corrected chi connectivity index (χ3v) is 4.01.